The number of hydrogen-bond acceptors (Lipinski definition) is 3. The van der Waals surface area contributed by atoms with Crippen LogP contribution in [0.3, 0.4) is 0 Å². The molecule has 3 aromatic rings. The fraction of sp³-hybridized carbons (Fsp3) is 0.0500. The Morgan fingerprint density at radius 2 is 1.50 bits per heavy atom. The quantitative estimate of drug-likeness (QED) is 0.655. The number of rotatable bonds is 3. The first-order chi connectivity index (χ1) is 11.7. The number of halogens is 1. The maximum atomic E-state index is 12.4. The third kappa shape index (κ3) is 2.39. The summed E-state index contributed by atoms with van der Waals surface area (Å²) in [7, 11) is 0. The van der Waals surface area contributed by atoms with E-state index in [0.717, 1.165) is 21.3 Å². The number of esters is 1. The highest BCUT2D eigenvalue weighted by Crippen LogP contribution is 2.42. The van der Waals surface area contributed by atoms with Crippen molar-refractivity contribution in [1.29, 1.82) is 0 Å². The maximum absolute atomic E-state index is 12.4. The summed E-state index contributed by atoms with van der Waals surface area (Å²) in [5, 5.41) is 3.42. The molecule has 4 heteroatoms. The molecule has 0 amide bonds. The molecule has 0 bridgehead atoms. The van der Waals surface area contributed by atoms with Crippen molar-refractivity contribution in [2.24, 2.45) is 0 Å². The van der Waals surface area contributed by atoms with E-state index < -0.39 is 5.72 Å². The van der Waals surface area contributed by atoms with Gasteiger partial charge in [0.25, 0.3) is 0 Å². The average Bonchev–Trinajstić information content (AvgIpc) is 2.91. The molecule has 0 aliphatic carbocycles. The maximum Gasteiger partial charge on any atom is 0.341 e. The van der Waals surface area contributed by atoms with Gasteiger partial charge in [-0.3, -0.25) is 0 Å². The molecule has 1 aliphatic rings. The van der Waals surface area contributed by atoms with Gasteiger partial charge in [0, 0.05) is 21.3 Å². The molecule has 1 atom stereocenters. The first-order valence-corrected chi connectivity index (χ1v) is 8.40. The van der Waals surface area contributed by atoms with Crippen molar-refractivity contribution >= 4 is 27.6 Å². The van der Waals surface area contributed by atoms with Crippen LogP contribution in [0.15, 0.2) is 83.3 Å². The normalized spacial score (nSPS) is 18.8. The van der Waals surface area contributed by atoms with E-state index >= 15 is 0 Å². The second kappa shape index (κ2) is 5.80. The molecular weight excluding hydrogens is 366 g/mol. The Kier molecular flexibility index (Phi) is 3.62. The molecule has 0 saturated heterocycles. The van der Waals surface area contributed by atoms with Gasteiger partial charge in [-0.05, 0) is 30.3 Å². The number of benzene rings is 3. The van der Waals surface area contributed by atoms with Crippen molar-refractivity contribution in [3.05, 3.63) is 100 Å². The molecule has 24 heavy (non-hydrogen) atoms. The van der Waals surface area contributed by atoms with Crippen LogP contribution in [-0.2, 0) is 10.5 Å². The van der Waals surface area contributed by atoms with Crippen LogP contribution in [0.25, 0.3) is 0 Å². The van der Waals surface area contributed by atoms with E-state index in [1.165, 1.54) is 0 Å². The fourth-order valence-corrected chi connectivity index (χ4v) is 3.27. The summed E-state index contributed by atoms with van der Waals surface area (Å²) in [6.07, 6.45) is 0. The van der Waals surface area contributed by atoms with E-state index in [1.54, 1.807) is 6.07 Å². The SMILES string of the molecule is O=C1O[C@@](Nc2ccc(Br)cc2)(c2ccccc2)c2ccccc21. The number of ether oxygens (including phenoxy) is 1. The molecule has 0 spiro atoms. The molecule has 0 unspecified atom stereocenters. The molecule has 4 rings (SSSR count). The minimum absolute atomic E-state index is 0.320. The Morgan fingerprint density at radius 3 is 2.25 bits per heavy atom. The summed E-state index contributed by atoms with van der Waals surface area (Å²) >= 11 is 3.44. The second-order valence-electron chi connectivity index (χ2n) is 5.61. The zero-order chi connectivity index (χ0) is 16.6. The summed E-state index contributed by atoms with van der Waals surface area (Å²) < 4.78 is 6.87. The number of nitrogens with one attached hydrogen (secondary N) is 1. The lowest BCUT2D eigenvalue weighted by Gasteiger charge is -2.31. The predicted octanol–water partition coefficient (Wildman–Crippen LogP) is 4.93. The molecular formula is C20H14BrNO2. The van der Waals surface area contributed by atoms with Crippen molar-refractivity contribution in [2.45, 2.75) is 5.72 Å². The van der Waals surface area contributed by atoms with E-state index in [4.69, 9.17) is 4.74 Å². The largest absolute Gasteiger partial charge is 0.427 e. The summed E-state index contributed by atoms with van der Waals surface area (Å²) in [4.78, 5) is 12.4. The molecule has 0 saturated carbocycles. The number of carbonyl (C=O) groups excluding carboxylic acids is 1. The van der Waals surface area contributed by atoms with Gasteiger partial charge < -0.3 is 10.1 Å². The van der Waals surface area contributed by atoms with Gasteiger partial charge in [-0.25, -0.2) is 4.79 Å². The van der Waals surface area contributed by atoms with Crippen LogP contribution in [-0.4, -0.2) is 5.97 Å². The van der Waals surface area contributed by atoms with Gasteiger partial charge in [-0.2, -0.15) is 0 Å². The van der Waals surface area contributed by atoms with Crippen LogP contribution >= 0.6 is 15.9 Å². The molecule has 0 fully saturated rings. The molecule has 1 aliphatic heterocycles. The Balaban J connectivity index is 1.89. The highest BCUT2D eigenvalue weighted by Gasteiger charge is 2.47. The Morgan fingerprint density at radius 1 is 0.833 bits per heavy atom. The Bertz CT molecular complexity index is 893. The Labute approximate surface area is 148 Å². The van der Waals surface area contributed by atoms with Crippen molar-refractivity contribution in [1.82, 2.24) is 0 Å². The standard InChI is InChI=1S/C20H14BrNO2/c21-15-10-12-16(13-11-15)22-20(14-6-2-1-3-7-14)18-9-5-4-8-17(18)19(23)24-20/h1-13,22H/t20-/m0/s1. The van der Waals surface area contributed by atoms with Crippen molar-refractivity contribution < 1.29 is 9.53 Å². The van der Waals surface area contributed by atoms with E-state index in [0.29, 0.717) is 5.56 Å². The van der Waals surface area contributed by atoms with E-state index in [1.807, 2.05) is 72.8 Å². The van der Waals surface area contributed by atoms with E-state index in [9.17, 15) is 4.79 Å². The lowest BCUT2D eigenvalue weighted by molar-refractivity contribution is 0.0212. The number of carbonyl (C=O) groups is 1. The monoisotopic (exact) mass is 379 g/mol. The molecule has 0 aromatic heterocycles. The van der Waals surface area contributed by atoms with Crippen LogP contribution in [0.1, 0.15) is 21.5 Å². The smallest absolute Gasteiger partial charge is 0.341 e. The van der Waals surface area contributed by atoms with Gasteiger partial charge in [0.15, 0.2) is 0 Å². The highest BCUT2D eigenvalue weighted by molar-refractivity contribution is 9.10. The molecule has 3 aromatic carbocycles. The first kappa shape index (κ1) is 15.0. The molecule has 0 radical (unpaired) electrons. The zero-order valence-corrected chi connectivity index (χ0v) is 14.3. The predicted molar refractivity (Wildman–Crippen MR) is 96.8 cm³/mol. The third-order valence-corrected chi connectivity index (χ3v) is 4.65. The lowest BCUT2D eigenvalue weighted by atomic mass is 9.92. The summed E-state index contributed by atoms with van der Waals surface area (Å²) in [5.41, 5.74) is 2.14. The van der Waals surface area contributed by atoms with Crippen LogP contribution in [0.2, 0.25) is 0 Å². The van der Waals surface area contributed by atoms with Crippen LogP contribution in [0.4, 0.5) is 5.69 Å². The van der Waals surface area contributed by atoms with Gasteiger partial charge in [0.05, 0.1) is 5.56 Å². The van der Waals surface area contributed by atoms with Crippen molar-refractivity contribution in [3.8, 4) is 0 Å². The van der Waals surface area contributed by atoms with Crippen molar-refractivity contribution in [3.63, 3.8) is 0 Å². The minimum atomic E-state index is -1.03. The summed E-state index contributed by atoms with van der Waals surface area (Å²) in [6.45, 7) is 0. The number of anilines is 1. The van der Waals surface area contributed by atoms with E-state index in [2.05, 4.69) is 21.2 Å². The minimum Gasteiger partial charge on any atom is -0.427 e. The van der Waals surface area contributed by atoms with Gasteiger partial charge in [-0.15, -0.1) is 0 Å². The molecule has 3 nitrogen and oxygen atoms in total. The number of cyclic esters (lactones) is 1. The third-order valence-electron chi connectivity index (χ3n) is 4.12. The van der Waals surface area contributed by atoms with Crippen molar-refractivity contribution in [2.75, 3.05) is 5.32 Å². The second-order valence-corrected chi connectivity index (χ2v) is 6.53. The average molecular weight is 380 g/mol. The lowest BCUT2D eigenvalue weighted by Crippen LogP contribution is -2.36. The molecule has 118 valence electrons. The number of fused-ring (bicyclic) bond motifs is 1. The van der Waals surface area contributed by atoms with E-state index in [-0.39, 0.29) is 5.97 Å². The van der Waals surface area contributed by atoms with Crippen LogP contribution in [0.5, 0.6) is 0 Å². The molecule has 1 N–H and O–H groups in total. The van der Waals surface area contributed by atoms with Gasteiger partial charge in [-0.1, -0.05) is 64.5 Å². The summed E-state index contributed by atoms with van der Waals surface area (Å²) in [5.74, 6) is -0.320. The van der Waals surface area contributed by atoms with Gasteiger partial charge in [0.1, 0.15) is 0 Å². The number of hydrogen-bond donors (Lipinski definition) is 1. The first-order valence-electron chi connectivity index (χ1n) is 7.61. The van der Waals surface area contributed by atoms with Crippen LogP contribution in [0, 0.1) is 0 Å². The summed E-state index contributed by atoms with van der Waals surface area (Å²) in [6, 6.07) is 25.0. The zero-order valence-electron chi connectivity index (χ0n) is 12.7. The van der Waals surface area contributed by atoms with Gasteiger partial charge in [0.2, 0.25) is 5.72 Å². The van der Waals surface area contributed by atoms with Gasteiger partial charge >= 0.3 is 5.97 Å². The highest BCUT2D eigenvalue weighted by atomic mass is 79.9. The van der Waals surface area contributed by atoms with Crippen LogP contribution < -0.4 is 5.32 Å². The fourth-order valence-electron chi connectivity index (χ4n) is 3.01. The topological polar surface area (TPSA) is 38.3 Å². The molecule has 1 heterocycles. The Hall–Kier alpha value is -2.59.